The molecule has 2 aromatic rings. The number of nitrogens with zero attached hydrogens (tertiary/aromatic N) is 1. The summed E-state index contributed by atoms with van der Waals surface area (Å²) in [5.74, 6) is 0. The fraction of sp³-hybridized carbons (Fsp3) is 0.0909. The zero-order valence-corrected chi connectivity index (χ0v) is 7.57. The van der Waals surface area contributed by atoms with Crippen LogP contribution in [-0.4, -0.2) is 4.57 Å². The van der Waals surface area contributed by atoms with Crippen LogP contribution in [0.3, 0.4) is 0 Å². The number of nitrogens with two attached hydrogens (primary N) is 1. The van der Waals surface area contributed by atoms with E-state index in [1.807, 2.05) is 42.1 Å². The second kappa shape index (κ2) is 2.98. The van der Waals surface area contributed by atoms with Crippen LogP contribution in [0.4, 0.5) is 5.69 Å². The third-order valence-electron chi connectivity index (χ3n) is 2.12. The van der Waals surface area contributed by atoms with E-state index < -0.39 is 0 Å². The van der Waals surface area contributed by atoms with Gasteiger partial charge in [0.25, 0.3) is 0 Å². The van der Waals surface area contributed by atoms with Gasteiger partial charge in [0.15, 0.2) is 0 Å². The normalized spacial score (nSPS) is 10.2. The highest BCUT2D eigenvalue weighted by Gasteiger charge is 1.99. The molecular weight excluding hydrogens is 160 g/mol. The average Bonchev–Trinajstić information content (AvgIpc) is 2.49. The van der Waals surface area contributed by atoms with Crippen molar-refractivity contribution in [3.8, 4) is 5.69 Å². The van der Waals surface area contributed by atoms with Crippen molar-refractivity contribution >= 4 is 5.69 Å². The Hall–Kier alpha value is -1.70. The first kappa shape index (κ1) is 7.92. The Kier molecular flexibility index (Phi) is 1.81. The lowest BCUT2D eigenvalue weighted by Crippen LogP contribution is -1.88. The number of aryl methyl sites for hydroxylation is 1. The van der Waals surface area contributed by atoms with E-state index in [0.29, 0.717) is 0 Å². The van der Waals surface area contributed by atoms with Crippen molar-refractivity contribution in [1.82, 2.24) is 4.57 Å². The molecule has 0 atom stereocenters. The van der Waals surface area contributed by atoms with Crippen LogP contribution >= 0.6 is 0 Å². The summed E-state index contributed by atoms with van der Waals surface area (Å²) in [7, 11) is 0. The van der Waals surface area contributed by atoms with Crippen molar-refractivity contribution in [2.45, 2.75) is 6.92 Å². The van der Waals surface area contributed by atoms with E-state index in [1.54, 1.807) is 0 Å². The van der Waals surface area contributed by atoms with Gasteiger partial charge in [0.2, 0.25) is 0 Å². The lowest BCUT2D eigenvalue weighted by atomic mass is 10.3. The lowest BCUT2D eigenvalue weighted by Gasteiger charge is -2.00. The zero-order chi connectivity index (χ0) is 9.26. The van der Waals surface area contributed by atoms with Crippen LogP contribution < -0.4 is 5.73 Å². The first-order valence-electron chi connectivity index (χ1n) is 4.27. The molecule has 1 heterocycles. The molecule has 0 aliphatic rings. The summed E-state index contributed by atoms with van der Waals surface area (Å²) in [6.07, 6.45) is 3.97. The molecule has 0 fully saturated rings. The molecule has 1 aromatic carbocycles. The van der Waals surface area contributed by atoms with E-state index in [1.165, 1.54) is 0 Å². The minimum Gasteiger partial charge on any atom is -0.397 e. The molecule has 0 aliphatic carbocycles. The van der Waals surface area contributed by atoms with E-state index in [2.05, 4.69) is 12.1 Å². The van der Waals surface area contributed by atoms with Gasteiger partial charge in [-0.1, -0.05) is 18.2 Å². The Balaban J connectivity index is 2.48. The Morgan fingerprint density at radius 2 is 1.77 bits per heavy atom. The van der Waals surface area contributed by atoms with Gasteiger partial charge in [0.05, 0.1) is 5.69 Å². The molecule has 13 heavy (non-hydrogen) atoms. The van der Waals surface area contributed by atoms with Gasteiger partial charge in [-0.3, -0.25) is 0 Å². The molecule has 0 saturated heterocycles. The Morgan fingerprint density at radius 3 is 2.31 bits per heavy atom. The molecule has 0 unspecified atom stereocenters. The summed E-state index contributed by atoms with van der Waals surface area (Å²) < 4.78 is 2.03. The molecule has 0 radical (unpaired) electrons. The number of benzene rings is 1. The summed E-state index contributed by atoms with van der Waals surface area (Å²) in [6, 6.07) is 10.1. The fourth-order valence-electron chi connectivity index (χ4n) is 1.32. The predicted molar refractivity (Wildman–Crippen MR) is 54.9 cm³/mol. The predicted octanol–water partition coefficient (Wildman–Crippen LogP) is 2.37. The summed E-state index contributed by atoms with van der Waals surface area (Å²) in [6.45, 7) is 2.01. The maximum Gasteiger partial charge on any atom is 0.0527 e. The van der Waals surface area contributed by atoms with Crippen molar-refractivity contribution in [2.75, 3.05) is 5.73 Å². The molecule has 2 rings (SSSR count). The highest BCUT2D eigenvalue weighted by atomic mass is 15.0. The summed E-state index contributed by atoms with van der Waals surface area (Å²) in [5, 5.41) is 0. The molecular formula is C11H12N2. The van der Waals surface area contributed by atoms with Crippen molar-refractivity contribution < 1.29 is 0 Å². The molecule has 2 N–H and O–H groups in total. The molecule has 1 aromatic heterocycles. The Bertz CT molecular complexity index is 382. The minimum atomic E-state index is 0.837. The van der Waals surface area contributed by atoms with Gasteiger partial charge < -0.3 is 10.3 Å². The minimum absolute atomic E-state index is 0.837. The van der Waals surface area contributed by atoms with Crippen LogP contribution in [0.15, 0.2) is 42.7 Å². The number of rotatable bonds is 1. The molecule has 0 saturated carbocycles. The van der Waals surface area contributed by atoms with Crippen LogP contribution in [0, 0.1) is 6.92 Å². The second-order valence-corrected chi connectivity index (χ2v) is 3.14. The third kappa shape index (κ3) is 1.43. The first-order chi connectivity index (χ1) is 6.27. The molecule has 0 bridgehead atoms. The van der Waals surface area contributed by atoms with Crippen LogP contribution in [0.5, 0.6) is 0 Å². The van der Waals surface area contributed by atoms with Crippen LogP contribution in [0.25, 0.3) is 5.69 Å². The van der Waals surface area contributed by atoms with Gasteiger partial charge in [-0.15, -0.1) is 0 Å². The molecule has 0 spiro atoms. The smallest absolute Gasteiger partial charge is 0.0527 e. The number of hydrogen-bond donors (Lipinski definition) is 1. The average molecular weight is 172 g/mol. The van der Waals surface area contributed by atoms with Gasteiger partial charge >= 0.3 is 0 Å². The maximum atomic E-state index is 5.76. The monoisotopic (exact) mass is 172 g/mol. The quantitative estimate of drug-likeness (QED) is 0.703. The SMILES string of the molecule is Cc1cn(-c2ccccc2)cc1N. The van der Waals surface area contributed by atoms with Gasteiger partial charge in [-0.2, -0.15) is 0 Å². The molecule has 0 aliphatic heterocycles. The van der Waals surface area contributed by atoms with Gasteiger partial charge in [-0.05, 0) is 24.6 Å². The number of anilines is 1. The van der Waals surface area contributed by atoms with Crippen LogP contribution in [0.1, 0.15) is 5.56 Å². The topological polar surface area (TPSA) is 30.9 Å². The summed E-state index contributed by atoms with van der Waals surface area (Å²) >= 11 is 0. The largest absolute Gasteiger partial charge is 0.397 e. The van der Waals surface area contributed by atoms with E-state index in [4.69, 9.17) is 5.73 Å². The van der Waals surface area contributed by atoms with Crippen molar-refractivity contribution in [1.29, 1.82) is 0 Å². The summed E-state index contributed by atoms with van der Waals surface area (Å²) in [4.78, 5) is 0. The molecule has 66 valence electrons. The Labute approximate surface area is 77.6 Å². The first-order valence-corrected chi connectivity index (χ1v) is 4.27. The number of hydrogen-bond acceptors (Lipinski definition) is 1. The number of aromatic nitrogens is 1. The maximum absolute atomic E-state index is 5.76. The van der Waals surface area contributed by atoms with E-state index in [9.17, 15) is 0 Å². The summed E-state index contributed by atoms with van der Waals surface area (Å²) in [5.41, 5.74) is 8.85. The standard InChI is InChI=1S/C11H12N2/c1-9-7-13(8-11(9)12)10-5-3-2-4-6-10/h2-8H,12H2,1H3. The third-order valence-corrected chi connectivity index (χ3v) is 2.12. The second-order valence-electron chi connectivity index (χ2n) is 3.14. The van der Waals surface area contributed by atoms with E-state index in [-0.39, 0.29) is 0 Å². The van der Waals surface area contributed by atoms with Crippen LogP contribution in [-0.2, 0) is 0 Å². The molecule has 0 amide bonds. The van der Waals surface area contributed by atoms with Crippen molar-refractivity contribution in [3.63, 3.8) is 0 Å². The zero-order valence-electron chi connectivity index (χ0n) is 7.57. The fourth-order valence-corrected chi connectivity index (χ4v) is 1.32. The van der Waals surface area contributed by atoms with Gasteiger partial charge in [0.1, 0.15) is 0 Å². The highest BCUT2D eigenvalue weighted by molar-refractivity contribution is 5.48. The van der Waals surface area contributed by atoms with Crippen molar-refractivity contribution in [3.05, 3.63) is 48.3 Å². The Morgan fingerprint density at radius 1 is 1.08 bits per heavy atom. The molecule has 2 nitrogen and oxygen atoms in total. The van der Waals surface area contributed by atoms with Crippen molar-refractivity contribution in [2.24, 2.45) is 0 Å². The molecule has 2 heteroatoms. The lowest BCUT2D eigenvalue weighted by molar-refractivity contribution is 1.08. The van der Waals surface area contributed by atoms with Gasteiger partial charge in [0, 0.05) is 18.1 Å². The highest BCUT2D eigenvalue weighted by Crippen LogP contribution is 2.15. The van der Waals surface area contributed by atoms with E-state index >= 15 is 0 Å². The van der Waals surface area contributed by atoms with E-state index in [0.717, 1.165) is 16.9 Å². The van der Waals surface area contributed by atoms with Gasteiger partial charge in [-0.25, -0.2) is 0 Å². The van der Waals surface area contributed by atoms with Crippen LogP contribution in [0.2, 0.25) is 0 Å². The number of para-hydroxylation sites is 1. The number of nitrogen functional groups attached to an aromatic ring is 1.